The van der Waals surface area contributed by atoms with Crippen molar-refractivity contribution in [2.24, 2.45) is 0 Å². The van der Waals surface area contributed by atoms with Gasteiger partial charge in [-0.3, -0.25) is 9.59 Å². The first-order valence-electron chi connectivity index (χ1n) is 12.4. The minimum absolute atomic E-state index is 0.142. The third-order valence-electron chi connectivity index (χ3n) is 6.26. The quantitative estimate of drug-likeness (QED) is 0.155. The average Bonchev–Trinajstić information content (AvgIpc) is 2.85. The van der Waals surface area contributed by atoms with Gasteiger partial charge in [-0.05, 0) is 32.3 Å². The first-order valence-corrected chi connectivity index (χ1v) is 12.4. The number of ether oxygens (including phenoxy) is 2. The van der Waals surface area contributed by atoms with Crippen molar-refractivity contribution in [3.63, 3.8) is 0 Å². The summed E-state index contributed by atoms with van der Waals surface area (Å²) in [6.45, 7) is 13.2. The van der Waals surface area contributed by atoms with Crippen LogP contribution in [0.15, 0.2) is 30.3 Å². The first-order chi connectivity index (χ1) is 17.4. The Labute approximate surface area is 218 Å². The van der Waals surface area contributed by atoms with Crippen LogP contribution in [-0.2, 0) is 34.1 Å². The fourth-order valence-corrected chi connectivity index (χ4v) is 3.78. The minimum atomic E-state index is -2.80. The van der Waals surface area contributed by atoms with Crippen LogP contribution in [0.3, 0.4) is 0 Å². The molecule has 0 aliphatic carbocycles. The zero-order chi connectivity index (χ0) is 28.5. The predicted molar refractivity (Wildman–Crippen MR) is 132 cm³/mol. The fraction of sp³-hybridized carbons (Fsp3) is 0.615. The molecule has 0 amide bonds. The maximum Gasteiger partial charge on any atom is 0.336 e. The third kappa shape index (κ3) is 11.7. The number of hydrogen-bond donors (Lipinski definition) is 4. The molecule has 11 heteroatoms. The molecule has 0 radical (unpaired) electrons. The second-order valence-electron chi connectivity index (χ2n) is 8.57. The average molecular weight is 528 g/mol. The second-order valence-corrected chi connectivity index (χ2v) is 8.57. The number of carbonyl (C=O) groups excluding carboxylic acids is 2. The summed E-state index contributed by atoms with van der Waals surface area (Å²) in [5.41, 5.74) is -2.32. The van der Waals surface area contributed by atoms with Gasteiger partial charge in [0.2, 0.25) is 0 Å². The summed E-state index contributed by atoms with van der Waals surface area (Å²) in [5.74, 6) is -5.48. The van der Waals surface area contributed by atoms with E-state index in [1.54, 1.807) is 0 Å². The van der Waals surface area contributed by atoms with Crippen LogP contribution >= 0.6 is 0 Å². The standard InChI is InChI=1S/C20H33NO3.C6H8O7/c1-5-20(6-2,18-12-10-9-11-13-18)19(22)24-17-16-23-15-14-21(7-3)8-4;7-3(8)1-6(13,5(11)12)2-4(9)10/h9-13H,5-8,14-17H2,1-4H3;13H,1-2H2,(H,7,8)(H,9,10)(H,11,12). The van der Waals surface area contributed by atoms with Gasteiger partial charge in [-0.2, -0.15) is 0 Å². The van der Waals surface area contributed by atoms with Crippen molar-refractivity contribution in [1.82, 2.24) is 0 Å². The van der Waals surface area contributed by atoms with Crippen molar-refractivity contribution >= 4 is 23.9 Å². The maximum absolute atomic E-state index is 12.7. The van der Waals surface area contributed by atoms with Gasteiger partial charge in [0, 0.05) is 12.4 Å². The van der Waals surface area contributed by atoms with E-state index in [1.807, 2.05) is 44.2 Å². The topological polar surface area (TPSA) is 175 Å². The Morgan fingerprint density at radius 3 is 1.89 bits per heavy atom. The Morgan fingerprint density at radius 1 is 0.892 bits per heavy atom. The maximum atomic E-state index is 12.7. The number of quaternary nitrogens is 1. The predicted octanol–water partition coefficient (Wildman–Crippen LogP) is -0.354. The van der Waals surface area contributed by atoms with Crippen molar-refractivity contribution < 1.29 is 54.0 Å². The molecular formula is C26H41NO10. The van der Waals surface area contributed by atoms with Crippen LogP contribution in [-0.4, -0.2) is 84.3 Å². The zero-order valence-electron chi connectivity index (χ0n) is 22.2. The van der Waals surface area contributed by atoms with Crippen molar-refractivity contribution in [2.45, 2.75) is 64.4 Å². The van der Waals surface area contributed by atoms with Gasteiger partial charge in [0.25, 0.3) is 0 Å². The second kappa shape index (κ2) is 17.4. The third-order valence-corrected chi connectivity index (χ3v) is 6.26. The van der Waals surface area contributed by atoms with Crippen molar-refractivity contribution in [2.75, 3.05) is 39.5 Å². The molecule has 0 aliphatic rings. The normalized spacial score (nSPS) is 12.7. The lowest BCUT2D eigenvalue weighted by Gasteiger charge is -2.29. The molecule has 0 spiro atoms. The smallest absolute Gasteiger partial charge is 0.336 e. The van der Waals surface area contributed by atoms with Crippen molar-refractivity contribution in [3.05, 3.63) is 35.9 Å². The number of aliphatic carboxylic acids is 3. The van der Waals surface area contributed by atoms with Crippen LogP contribution in [0.1, 0.15) is 58.9 Å². The molecule has 1 rings (SSSR count). The SMILES string of the molecule is CC[NH+](CC)CCOCCOC(=O)C(CC)(CC)c1ccccc1.O=C([O-])CC(O)(CC(=O)O)C(=O)O. The molecule has 0 fully saturated rings. The molecule has 0 aromatic heterocycles. The molecule has 37 heavy (non-hydrogen) atoms. The van der Waals surface area contributed by atoms with Gasteiger partial charge in [-0.25, -0.2) is 4.79 Å². The van der Waals surface area contributed by atoms with E-state index in [2.05, 4.69) is 13.8 Å². The Balaban J connectivity index is 0.000000845. The number of carboxylic acid groups (broad SMARTS) is 3. The number of likely N-dealkylation sites (N-methyl/N-ethyl adjacent to an activating group) is 1. The van der Waals surface area contributed by atoms with Gasteiger partial charge in [0.1, 0.15) is 13.2 Å². The highest BCUT2D eigenvalue weighted by molar-refractivity contribution is 5.87. The summed E-state index contributed by atoms with van der Waals surface area (Å²) in [6.07, 6.45) is -0.970. The van der Waals surface area contributed by atoms with Gasteiger partial charge in [-0.1, -0.05) is 44.2 Å². The lowest BCUT2D eigenvalue weighted by molar-refractivity contribution is -0.896. The summed E-state index contributed by atoms with van der Waals surface area (Å²) in [6, 6.07) is 9.94. The number of nitrogens with one attached hydrogen (secondary N) is 1. The minimum Gasteiger partial charge on any atom is -0.550 e. The number of carbonyl (C=O) groups is 4. The summed E-state index contributed by atoms with van der Waals surface area (Å²) < 4.78 is 11.1. The molecule has 0 bridgehead atoms. The molecule has 0 aliphatic heterocycles. The molecule has 0 saturated heterocycles. The molecule has 11 nitrogen and oxygen atoms in total. The van der Waals surface area contributed by atoms with Gasteiger partial charge >= 0.3 is 17.9 Å². The van der Waals surface area contributed by atoms with E-state index in [4.69, 9.17) is 24.8 Å². The van der Waals surface area contributed by atoms with Crippen LogP contribution in [0, 0.1) is 0 Å². The first kappa shape index (κ1) is 34.0. The van der Waals surface area contributed by atoms with Crippen LogP contribution < -0.4 is 10.0 Å². The highest BCUT2D eigenvalue weighted by Crippen LogP contribution is 2.33. The summed E-state index contributed by atoms with van der Waals surface area (Å²) in [5, 5.41) is 35.5. The summed E-state index contributed by atoms with van der Waals surface area (Å²) in [7, 11) is 0. The van der Waals surface area contributed by atoms with Gasteiger partial charge in [0.15, 0.2) is 5.60 Å². The zero-order valence-corrected chi connectivity index (χ0v) is 22.2. The van der Waals surface area contributed by atoms with Gasteiger partial charge in [0.05, 0.1) is 38.1 Å². The van der Waals surface area contributed by atoms with Crippen molar-refractivity contribution in [1.29, 1.82) is 0 Å². The molecule has 4 N–H and O–H groups in total. The Bertz CT molecular complexity index is 819. The van der Waals surface area contributed by atoms with Crippen LogP contribution in [0.25, 0.3) is 0 Å². The molecular weight excluding hydrogens is 486 g/mol. The van der Waals surface area contributed by atoms with Crippen LogP contribution in [0.5, 0.6) is 0 Å². The number of benzene rings is 1. The van der Waals surface area contributed by atoms with E-state index in [0.717, 1.165) is 38.0 Å². The Hall–Kier alpha value is -3.02. The molecule has 1 aromatic carbocycles. The largest absolute Gasteiger partial charge is 0.550 e. The van der Waals surface area contributed by atoms with Crippen molar-refractivity contribution in [3.8, 4) is 0 Å². The lowest BCUT2D eigenvalue weighted by atomic mass is 9.76. The van der Waals surface area contributed by atoms with E-state index in [-0.39, 0.29) is 5.97 Å². The van der Waals surface area contributed by atoms with E-state index < -0.39 is 41.8 Å². The molecule has 1 atom stereocenters. The number of carboxylic acids is 3. The molecule has 1 unspecified atom stereocenters. The van der Waals surface area contributed by atoms with Crippen LogP contribution in [0.4, 0.5) is 0 Å². The molecule has 1 aromatic rings. The Kier molecular flexibility index (Phi) is 16.0. The molecule has 210 valence electrons. The van der Waals surface area contributed by atoms with Crippen LogP contribution in [0.2, 0.25) is 0 Å². The highest BCUT2D eigenvalue weighted by atomic mass is 16.6. The number of esters is 1. The van der Waals surface area contributed by atoms with E-state index in [1.165, 1.54) is 4.90 Å². The Morgan fingerprint density at radius 2 is 1.46 bits per heavy atom. The monoisotopic (exact) mass is 527 g/mol. The highest BCUT2D eigenvalue weighted by Gasteiger charge is 2.39. The van der Waals surface area contributed by atoms with E-state index in [0.29, 0.717) is 19.8 Å². The van der Waals surface area contributed by atoms with Gasteiger partial charge < -0.3 is 39.6 Å². The molecule has 0 heterocycles. The summed E-state index contributed by atoms with van der Waals surface area (Å²) in [4.78, 5) is 44.5. The number of aliphatic hydroxyl groups is 1. The summed E-state index contributed by atoms with van der Waals surface area (Å²) >= 11 is 0. The lowest BCUT2D eigenvalue weighted by Crippen LogP contribution is -3.11. The van der Waals surface area contributed by atoms with Gasteiger partial charge in [-0.15, -0.1) is 0 Å². The number of hydrogen-bond acceptors (Lipinski definition) is 8. The fourth-order valence-electron chi connectivity index (χ4n) is 3.78. The van der Waals surface area contributed by atoms with E-state index >= 15 is 0 Å². The van der Waals surface area contributed by atoms with E-state index in [9.17, 15) is 24.3 Å². The molecule has 0 saturated carbocycles. The number of rotatable bonds is 17.